The van der Waals surface area contributed by atoms with Crippen LogP contribution in [0.4, 0.5) is 0 Å². The summed E-state index contributed by atoms with van der Waals surface area (Å²) < 4.78 is 98.9. The lowest BCUT2D eigenvalue weighted by molar-refractivity contribution is 0.363. The molecule has 0 aromatic heterocycles. The number of fused-ring (bicyclic) bond motifs is 2. The molecule has 74 valence electrons. The van der Waals surface area contributed by atoms with E-state index in [0.29, 0.717) is 0 Å². The molecule has 0 heteroatoms. The molecule has 3 aliphatic carbocycles. The molecule has 3 rings (SSSR count). The molecule has 0 nitrogen and oxygen atoms in total. The predicted octanol–water partition coefficient (Wildman–Crippen LogP) is 4.01. The highest BCUT2D eigenvalue weighted by atomic mass is 14.3. The molecule has 0 aliphatic heterocycles. The van der Waals surface area contributed by atoms with Crippen molar-refractivity contribution < 1.29 is 16.4 Å². The molecule has 0 aromatic rings. The van der Waals surface area contributed by atoms with Crippen LogP contribution in [0.15, 0.2) is 35.5 Å². The SMILES string of the molecule is [2H]C1([2H])C2=CC3=CC=CCC3([2H])C([2H])([2H])C2([2H])C([2H])([2H])C([2H])([2H])C1([2H])[2H]. The van der Waals surface area contributed by atoms with Gasteiger partial charge in [-0.3, -0.25) is 0 Å². The van der Waals surface area contributed by atoms with Crippen molar-refractivity contribution in [3.63, 3.8) is 0 Å². The van der Waals surface area contributed by atoms with Crippen LogP contribution in [0.5, 0.6) is 0 Å². The number of allylic oxidation sites excluding steroid dienone is 6. The van der Waals surface area contributed by atoms with Crippen LogP contribution in [0.3, 0.4) is 0 Å². The van der Waals surface area contributed by atoms with Gasteiger partial charge in [0.05, 0.1) is 0 Å². The zero-order valence-corrected chi connectivity index (χ0v) is 7.52. The quantitative estimate of drug-likeness (QED) is 0.552. The smallest absolute Gasteiger partial charge is 0.0356 e. The average Bonchev–Trinajstić information content (AvgIpc) is 2.50. The second kappa shape index (κ2) is 3.42. The molecule has 0 saturated heterocycles. The van der Waals surface area contributed by atoms with E-state index in [4.69, 9.17) is 16.4 Å². The summed E-state index contributed by atoms with van der Waals surface area (Å²) in [4.78, 5) is 0. The third-order valence-electron chi connectivity index (χ3n) is 2.37. The van der Waals surface area contributed by atoms with E-state index in [1.807, 2.05) is 0 Å². The van der Waals surface area contributed by atoms with Crippen LogP contribution in [-0.4, -0.2) is 0 Å². The minimum atomic E-state index is -3.52. The van der Waals surface area contributed by atoms with Gasteiger partial charge in [0.1, 0.15) is 0 Å². The van der Waals surface area contributed by atoms with E-state index in [1.54, 1.807) is 0 Å². The van der Waals surface area contributed by atoms with Crippen LogP contribution in [0, 0.1) is 11.8 Å². The van der Waals surface area contributed by atoms with Crippen molar-refractivity contribution in [1.29, 1.82) is 0 Å². The molecule has 2 unspecified atom stereocenters. The Morgan fingerprint density at radius 1 is 1.36 bits per heavy atom. The molecule has 0 amide bonds. The summed E-state index contributed by atoms with van der Waals surface area (Å²) in [6, 6.07) is 0. The van der Waals surface area contributed by atoms with Gasteiger partial charge in [0.2, 0.25) is 0 Å². The van der Waals surface area contributed by atoms with Crippen LogP contribution in [0.2, 0.25) is 0 Å². The molecule has 1 saturated carbocycles. The van der Waals surface area contributed by atoms with E-state index in [9.17, 15) is 0 Å². The van der Waals surface area contributed by atoms with Gasteiger partial charge in [0.25, 0.3) is 0 Å². The summed E-state index contributed by atoms with van der Waals surface area (Å²) in [5.41, 5.74) is -0.801. The molecule has 3 aliphatic rings. The van der Waals surface area contributed by atoms with Crippen LogP contribution in [0.1, 0.15) is 54.7 Å². The fourth-order valence-electron chi connectivity index (χ4n) is 1.67. The van der Waals surface area contributed by atoms with Crippen molar-refractivity contribution in [3.8, 4) is 0 Å². The lowest BCUT2D eigenvalue weighted by atomic mass is 9.70. The summed E-state index contributed by atoms with van der Waals surface area (Å²) in [5, 5.41) is 0. The van der Waals surface area contributed by atoms with Gasteiger partial charge in [-0.1, -0.05) is 36.3 Å². The molecule has 0 N–H and O–H groups in total. The van der Waals surface area contributed by atoms with E-state index in [0.717, 1.165) is 6.08 Å². The van der Waals surface area contributed by atoms with E-state index >= 15 is 0 Å². The standard InChI is InChI=1S/C14H18/c1-2-6-12-10-14-8-4-3-7-13(14)9-11(12)5-1/h1-2,5,9,12,14H,3-4,6-8,10H2/i3D2,4D2,7D2,8D2,10D2,12D,14D. The second-order valence-electron chi connectivity index (χ2n) is 3.29. The van der Waals surface area contributed by atoms with Crippen molar-refractivity contribution in [2.24, 2.45) is 11.8 Å². The predicted molar refractivity (Wildman–Crippen MR) is 60.0 cm³/mol. The van der Waals surface area contributed by atoms with Crippen molar-refractivity contribution >= 4 is 0 Å². The van der Waals surface area contributed by atoms with Crippen LogP contribution in [-0.2, 0) is 0 Å². The Bertz CT molecular complexity index is 758. The Morgan fingerprint density at radius 2 is 2.36 bits per heavy atom. The largest absolute Gasteiger partial charge is 0.0839 e. The highest BCUT2D eigenvalue weighted by Gasteiger charge is 2.28. The van der Waals surface area contributed by atoms with E-state index < -0.39 is 49.2 Å². The van der Waals surface area contributed by atoms with E-state index in [-0.39, 0.29) is 12.0 Å². The Labute approximate surface area is 103 Å². The molecule has 14 heavy (non-hydrogen) atoms. The van der Waals surface area contributed by atoms with Gasteiger partial charge in [-0.15, -0.1) is 0 Å². The first-order valence-electron chi connectivity index (χ1n) is 10.5. The monoisotopic (exact) mass is 198 g/mol. The number of hydrogen-bond acceptors (Lipinski definition) is 0. The van der Waals surface area contributed by atoms with Crippen LogP contribution >= 0.6 is 0 Å². The third-order valence-corrected chi connectivity index (χ3v) is 2.37. The summed E-state index contributed by atoms with van der Waals surface area (Å²) in [6.07, 6.45) is -11.3. The van der Waals surface area contributed by atoms with Gasteiger partial charge in [-0.25, -0.2) is 0 Å². The van der Waals surface area contributed by atoms with Crippen molar-refractivity contribution in [1.82, 2.24) is 0 Å². The molecule has 0 heterocycles. The molecule has 2 atom stereocenters. The molecule has 1 fully saturated rings. The van der Waals surface area contributed by atoms with Gasteiger partial charge < -0.3 is 0 Å². The Hall–Kier alpha value is -0.780. The zero-order valence-electron chi connectivity index (χ0n) is 19.5. The topological polar surface area (TPSA) is 0 Å². The van der Waals surface area contributed by atoms with Gasteiger partial charge >= 0.3 is 0 Å². The summed E-state index contributed by atoms with van der Waals surface area (Å²) in [5.74, 6) is -5.25. The summed E-state index contributed by atoms with van der Waals surface area (Å²) in [6.45, 7) is 0. The number of rotatable bonds is 0. The van der Waals surface area contributed by atoms with E-state index in [1.165, 1.54) is 18.2 Å². The maximum Gasteiger partial charge on any atom is 0.0356 e. The van der Waals surface area contributed by atoms with Crippen LogP contribution < -0.4 is 0 Å². The Balaban J connectivity index is 2.48. The summed E-state index contributed by atoms with van der Waals surface area (Å²) >= 11 is 0. The fraction of sp³-hybridized carbons (Fsp3) is 0.571. The lowest BCUT2D eigenvalue weighted by Crippen LogP contribution is -2.21. The Kier molecular flexibility index (Phi) is 0.650. The molecule has 0 spiro atoms. The van der Waals surface area contributed by atoms with Crippen molar-refractivity contribution in [2.75, 3.05) is 0 Å². The lowest BCUT2D eigenvalue weighted by Gasteiger charge is -2.35. The Morgan fingerprint density at radius 3 is 3.36 bits per heavy atom. The first-order valence-corrected chi connectivity index (χ1v) is 4.54. The average molecular weight is 198 g/mol. The second-order valence-corrected chi connectivity index (χ2v) is 3.29. The van der Waals surface area contributed by atoms with Crippen LogP contribution in [0.25, 0.3) is 0 Å². The van der Waals surface area contributed by atoms with Gasteiger partial charge in [-0.05, 0) is 49.3 Å². The highest BCUT2D eigenvalue weighted by Crippen LogP contribution is 2.42. The molecule has 0 bridgehead atoms. The zero-order chi connectivity index (χ0) is 20.2. The van der Waals surface area contributed by atoms with Gasteiger partial charge in [0, 0.05) is 16.4 Å². The molecular formula is C14H18. The third kappa shape index (κ3) is 1.37. The minimum absolute atomic E-state index is 0.0146. The maximum atomic E-state index is 8.68. The van der Waals surface area contributed by atoms with Gasteiger partial charge in [-0.2, -0.15) is 0 Å². The molecular weight excluding hydrogens is 168 g/mol. The normalized spacial score (nSPS) is 76.6. The first-order chi connectivity index (χ1) is 11.4. The molecule has 0 aromatic carbocycles. The van der Waals surface area contributed by atoms with Crippen molar-refractivity contribution in [3.05, 3.63) is 35.5 Å². The van der Waals surface area contributed by atoms with E-state index in [2.05, 4.69) is 0 Å². The highest BCUT2D eigenvalue weighted by molar-refractivity contribution is 5.37. The number of hydrogen-bond donors (Lipinski definition) is 0. The maximum absolute atomic E-state index is 8.68. The fourth-order valence-corrected chi connectivity index (χ4v) is 1.67. The van der Waals surface area contributed by atoms with Gasteiger partial charge in [0.15, 0.2) is 0 Å². The van der Waals surface area contributed by atoms with Crippen molar-refractivity contribution in [2.45, 2.75) is 38.3 Å². The summed E-state index contributed by atoms with van der Waals surface area (Å²) in [7, 11) is 0. The molecule has 0 radical (unpaired) electrons. The minimum Gasteiger partial charge on any atom is -0.0839 e. The first kappa shape index (κ1) is 2.66.